The van der Waals surface area contributed by atoms with Gasteiger partial charge in [0.25, 0.3) is 0 Å². The van der Waals surface area contributed by atoms with Gasteiger partial charge in [0.15, 0.2) is 0 Å². The average molecular weight is 206 g/mol. The number of nitrogen functional groups attached to an aromatic ring is 1. The molecular formula is C10H10N2O3. The molecule has 1 rings (SSSR count). The summed E-state index contributed by atoms with van der Waals surface area (Å²) >= 11 is 0. The Labute approximate surface area is 87.0 Å². The minimum atomic E-state index is -0.622. The summed E-state index contributed by atoms with van der Waals surface area (Å²) in [5, 5.41) is 8.84. The number of ether oxygens (including phenoxy) is 2. The van der Waals surface area contributed by atoms with E-state index in [1.165, 1.54) is 26.4 Å². The Kier molecular flexibility index (Phi) is 3.13. The lowest BCUT2D eigenvalue weighted by Crippen LogP contribution is -2.07. The number of carbonyl (C=O) groups excluding carboxylic acids is 1. The number of carbonyl (C=O) groups is 1. The van der Waals surface area contributed by atoms with E-state index in [9.17, 15) is 4.79 Å². The lowest BCUT2D eigenvalue weighted by Gasteiger charge is -2.09. The highest BCUT2D eigenvalue weighted by atomic mass is 16.5. The van der Waals surface area contributed by atoms with Gasteiger partial charge in [0.2, 0.25) is 0 Å². The summed E-state index contributed by atoms with van der Waals surface area (Å²) < 4.78 is 9.51. The lowest BCUT2D eigenvalue weighted by atomic mass is 10.1. The fourth-order valence-electron chi connectivity index (χ4n) is 1.20. The molecule has 0 bridgehead atoms. The van der Waals surface area contributed by atoms with Gasteiger partial charge in [0.1, 0.15) is 17.4 Å². The van der Waals surface area contributed by atoms with Crippen molar-refractivity contribution in [3.63, 3.8) is 0 Å². The summed E-state index contributed by atoms with van der Waals surface area (Å²) in [5.41, 5.74) is 6.13. The molecule has 5 nitrogen and oxygen atoms in total. The molecule has 2 N–H and O–H groups in total. The molecule has 0 aromatic heterocycles. The van der Waals surface area contributed by atoms with Crippen LogP contribution in [-0.4, -0.2) is 20.2 Å². The van der Waals surface area contributed by atoms with Crippen molar-refractivity contribution in [1.29, 1.82) is 5.26 Å². The van der Waals surface area contributed by atoms with Crippen LogP contribution in [-0.2, 0) is 4.74 Å². The van der Waals surface area contributed by atoms with Crippen LogP contribution in [0.5, 0.6) is 5.75 Å². The SMILES string of the molecule is COC(=O)c1c(C#N)cc(N)cc1OC. The van der Waals surface area contributed by atoms with Gasteiger partial charge in [-0.25, -0.2) is 4.79 Å². The minimum absolute atomic E-state index is 0.0942. The molecule has 0 amide bonds. The van der Waals surface area contributed by atoms with Crippen LogP contribution in [0.15, 0.2) is 12.1 Å². The molecule has 5 heteroatoms. The molecule has 0 spiro atoms. The quantitative estimate of drug-likeness (QED) is 0.574. The van der Waals surface area contributed by atoms with E-state index in [0.717, 1.165) is 0 Å². The van der Waals surface area contributed by atoms with Crippen molar-refractivity contribution >= 4 is 11.7 Å². The summed E-state index contributed by atoms with van der Waals surface area (Å²) in [6.07, 6.45) is 0. The van der Waals surface area contributed by atoms with E-state index in [-0.39, 0.29) is 16.9 Å². The summed E-state index contributed by atoms with van der Waals surface area (Å²) in [4.78, 5) is 11.4. The molecule has 0 aliphatic rings. The summed E-state index contributed by atoms with van der Waals surface area (Å²) in [6, 6.07) is 4.73. The molecule has 0 aliphatic carbocycles. The van der Waals surface area contributed by atoms with Gasteiger partial charge in [-0.3, -0.25) is 0 Å². The lowest BCUT2D eigenvalue weighted by molar-refractivity contribution is 0.0597. The van der Waals surface area contributed by atoms with Crippen molar-refractivity contribution in [3.05, 3.63) is 23.3 Å². The van der Waals surface area contributed by atoms with E-state index in [4.69, 9.17) is 15.7 Å². The zero-order chi connectivity index (χ0) is 11.4. The van der Waals surface area contributed by atoms with Crippen molar-refractivity contribution in [2.45, 2.75) is 0 Å². The molecule has 0 aliphatic heterocycles. The Morgan fingerprint density at radius 1 is 1.47 bits per heavy atom. The first-order chi connectivity index (χ1) is 7.13. The average Bonchev–Trinajstić information content (AvgIpc) is 2.26. The predicted octanol–water partition coefficient (Wildman–Crippen LogP) is 0.936. The molecule has 0 saturated carbocycles. The van der Waals surface area contributed by atoms with Crippen LogP contribution in [0, 0.1) is 11.3 Å². The molecule has 78 valence electrons. The number of rotatable bonds is 2. The highest BCUT2D eigenvalue weighted by Gasteiger charge is 2.18. The standard InChI is InChI=1S/C10H10N2O3/c1-14-8-4-7(12)3-6(5-11)9(8)10(13)15-2/h3-4H,12H2,1-2H3. The Morgan fingerprint density at radius 2 is 2.13 bits per heavy atom. The van der Waals surface area contributed by atoms with Crippen LogP contribution >= 0.6 is 0 Å². The van der Waals surface area contributed by atoms with Crippen molar-refractivity contribution in [2.75, 3.05) is 20.0 Å². The van der Waals surface area contributed by atoms with E-state index >= 15 is 0 Å². The van der Waals surface area contributed by atoms with Gasteiger partial charge in [0, 0.05) is 11.8 Å². The van der Waals surface area contributed by atoms with Crippen LogP contribution in [0.4, 0.5) is 5.69 Å². The number of methoxy groups -OCH3 is 2. The van der Waals surface area contributed by atoms with Crippen LogP contribution in [0.1, 0.15) is 15.9 Å². The highest BCUT2D eigenvalue weighted by molar-refractivity contribution is 5.96. The first-order valence-electron chi connectivity index (χ1n) is 4.10. The van der Waals surface area contributed by atoms with Gasteiger partial charge in [-0.15, -0.1) is 0 Å². The van der Waals surface area contributed by atoms with Gasteiger partial charge >= 0.3 is 5.97 Å². The van der Waals surface area contributed by atoms with Crippen LogP contribution in [0.3, 0.4) is 0 Å². The van der Waals surface area contributed by atoms with Gasteiger partial charge in [0.05, 0.1) is 19.8 Å². The van der Waals surface area contributed by atoms with Crippen molar-refractivity contribution in [1.82, 2.24) is 0 Å². The van der Waals surface area contributed by atoms with Crippen molar-refractivity contribution < 1.29 is 14.3 Å². The van der Waals surface area contributed by atoms with Crippen molar-refractivity contribution in [3.8, 4) is 11.8 Å². The maximum atomic E-state index is 11.4. The molecule has 0 saturated heterocycles. The molecule has 1 aromatic carbocycles. The topological polar surface area (TPSA) is 85.3 Å². The second-order valence-electron chi connectivity index (χ2n) is 2.75. The molecule has 0 unspecified atom stereocenters. The normalized spacial score (nSPS) is 9.13. The molecule has 0 radical (unpaired) electrons. The second-order valence-corrected chi connectivity index (χ2v) is 2.75. The summed E-state index contributed by atoms with van der Waals surface area (Å²) in [7, 11) is 2.63. The molecule has 0 fully saturated rings. The van der Waals surface area contributed by atoms with E-state index in [2.05, 4.69) is 4.74 Å². The zero-order valence-corrected chi connectivity index (χ0v) is 8.40. The second kappa shape index (κ2) is 4.33. The minimum Gasteiger partial charge on any atom is -0.496 e. The number of esters is 1. The number of anilines is 1. The van der Waals surface area contributed by atoms with Crippen LogP contribution < -0.4 is 10.5 Å². The first-order valence-corrected chi connectivity index (χ1v) is 4.10. The van der Waals surface area contributed by atoms with E-state index in [1.54, 1.807) is 0 Å². The predicted molar refractivity (Wildman–Crippen MR) is 53.5 cm³/mol. The number of nitriles is 1. The number of nitrogens with two attached hydrogens (primary N) is 1. The van der Waals surface area contributed by atoms with Crippen molar-refractivity contribution in [2.24, 2.45) is 0 Å². The Morgan fingerprint density at radius 3 is 2.60 bits per heavy atom. The molecule has 15 heavy (non-hydrogen) atoms. The number of hydrogen-bond donors (Lipinski definition) is 1. The Bertz CT molecular complexity index is 435. The summed E-state index contributed by atoms with van der Waals surface area (Å²) in [6.45, 7) is 0. The van der Waals surface area contributed by atoms with E-state index in [0.29, 0.717) is 5.69 Å². The molecule has 0 heterocycles. The van der Waals surface area contributed by atoms with E-state index in [1.807, 2.05) is 6.07 Å². The van der Waals surface area contributed by atoms with Gasteiger partial charge in [-0.05, 0) is 6.07 Å². The molecule has 1 aromatic rings. The molecular weight excluding hydrogens is 196 g/mol. The first kappa shape index (κ1) is 10.9. The molecule has 0 atom stereocenters. The monoisotopic (exact) mass is 206 g/mol. The summed E-state index contributed by atoms with van der Waals surface area (Å²) in [5.74, 6) is -0.387. The van der Waals surface area contributed by atoms with Gasteiger partial charge in [-0.1, -0.05) is 0 Å². The third kappa shape index (κ3) is 1.99. The number of nitrogens with zero attached hydrogens (tertiary/aromatic N) is 1. The fourth-order valence-corrected chi connectivity index (χ4v) is 1.20. The number of benzene rings is 1. The Balaban J connectivity index is 3.45. The number of hydrogen-bond acceptors (Lipinski definition) is 5. The smallest absolute Gasteiger partial charge is 0.343 e. The van der Waals surface area contributed by atoms with E-state index < -0.39 is 5.97 Å². The van der Waals surface area contributed by atoms with Gasteiger partial charge in [-0.2, -0.15) is 5.26 Å². The zero-order valence-electron chi connectivity index (χ0n) is 8.40. The fraction of sp³-hybridized carbons (Fsp3) is 0.200. The third-order valence-corrected chi connectivity index (χ3v) is 1.85. The maximum Gasteiger partial charge on any atom is 0.343 e. The maximum absolute atomic E-state index is 11.4. The Hall–Kier alpha value is -2.22. The van der Waals surface area contributed by atoms with Gasteiger partial charge < -0.3 is 15.2 Å². The third-order valence-electron chi connectivity index (χ3n) is 1.85. The largest absolute Gasteiger partial charge is 0.496 e. The highest BCUT2D eigenvalue weighted by Crippen LogP contribution is 2.26. The van der Waals surface area contributed by atoms with Crippen LogP contribution in [0.25, 0.3) is 0 Å². The van der Waals surface area contributed by atoms with Crippen LogP contribution in [0.2, 0.25) is 0 Å².